The van der Waals surface area contributed by atoms with Gasteiger partial charge in [0.05, 0.1) is 11.6 Å². The molecule has 0 saturated carbocycles. The van der Waals surface area contributed by atoms with Gasteiger partial charge in [0.2, 0.25) is 5.91 Å². The number of anilines is 1. The molecule has 0 spiro atoms. The highest BCUT2D eigenvalue weighted by Gasteiger charge is 2.34. The lowest BCUT2D eigenvalue weighted by Gasteiger charge is -2.19. The van der Waals surface area contributed by atoms with Gasteiger partial charge in [-0.25, -0.2) is 4.79 Å². The van der Waals surface area contributed by atoms with Gasteiger partial charge in [-0.3, -0.25) is 4.79 Å². The Morgan fingerprint density at radius 3 is 2.52 bits per heavy atom. The monoisotopic (exact) mass is 307 g/mol. The van der Waals surface area contributed by atoms with Crippen LogP contribution in [0.3, 0.4) is 0 Å². The molecule has 3 rings (SSSR count). The number of carboxylic acid groups (broad SMARTS) is 1. The molecule has 1 atom stereocenters. The highest BCUT2D eigenvalue weighted by Crippen LogP contribution is 2.34. The Balaban J connectivity index is 1.89. The van der Waals surface area contributed by atoms with Crippen molar-refractivity contribution < 1.29 is 14.7 Å². The van der Waals surface area contributed by atoms with Crippen molar-refractivity contribution in [1.82, 2.24) is 0 Å². The second kappa shape index (κ2) is 6.48. The minimum atomic E-state index is -1.00. The van der Waals surface area contributed by atoms with Crippen molar-refractivity contribution >= 4 is 23.6 Å². The van der Waals surface area contributed by atoms with E-state index in [4.69, 9.17) is 5.11 Å². The lowest BCUT2D eigenvalue weighted by atomic mass is 9.98. The molecule has 1 fully saturated rings. The van der Waals surface area contributed by atoms with E-state index in [9.17, 15) is 9.59 Å². The van der Waals surface area contributed by atoms with E-state index in [1.165, 1.54) is 6.08 Å². The third kappa shape index (κ3) is 3.16. The first kappa shape index (κ1) is 15.0. The largest absolute Gasteiger partial charge is 0.478 e. The standard InChI is InChI=1S/C19H17NO3/c21-18(22)11-10-15-8-4-5-9-17(15)20-13-12-16(19(20)23)14-6-2-1-3-7-14/h1-11,16H,12-13H2,(H,21,22)/t16-/m0/s1. The quantitative estimate of drug-likeness (QED) is 0.882. The predicted molar refractivity (Wildman–Crippen MR) is 89.3 cm³/mol. The number of para-hydroxylation sites is 1. The summed E-state index contributed by atoms with van der Waals surface area (Å²) >= 11 is 0. The van der Waals surface area contributed by atoms with E-state index in [-0.39, 0.29) is 11.8 Å². The van der Waals surface area contributed by atoms with Gasteiger partial charge in [-0.1, -0.05) is 48.5 Å². The molecule has 0 unspecified atom stereocenters. The number of rotatable bonds is 4. The zero-order valence-electron chi connectivity index (χ0n) is 12.6. The van der Waals surface area contributed by atoms with Crippen molar-refractivity contribution in [2.45, 2.75) is 12.3 Å². The normalized spacial score (nSPS) is 17.8. The minimum Gasteiger partial charge on any atom is -0.478 e. The van der Waals surface area contributed by atoms with Crippen LogP contribution >= 0.6 is 0 Å². The van der Waals surface area contributed by atoms with Crippen LogP contribution in [-0.2, 0) is 9.59 Å². The van der Waals surface area contributed by atoms with Crippen molar-refractivity contribution in [3.05, 3.63) is 71.8 Å². The lowest BCUT2D eigenvalue weighted by molar-refractivity contribution is -0.131. The molecule has 1 N–H and O–H groups in total. The van der Waals surface area contributed by atoms with Gasteiger partial charge in [-0.05, 0) is 29.7 Å². The Hall–Kier alpha value is -2.88. The van der Waals surface area contributed by atoms with Gasteiger partial charge in [0.15, 0.2) is 0 Å². The highest BCUT2D eigenvalue weighted by molar-refractivity contribution is 6.02. The van der Waals surface area contributed by atoms with Crippen LogP contribution in [0.4, 0.5) is 5.69 Å². The van der Waals surface area contributed by atoms with Crippen LogP contribution in [0.5, 0.6) is 0 Å². The number of aliphatic carboxylic acids is 1. The van der Waals surface area contributed by atoms with Crippen molar-refractivity contribution in [2.24, 2.45) is 0 Å². The van der Waals surface area contributed by atoms with E-state index in [0.717, 1.165) is 29.3 Å². The van der Waals surface area contributed by atoms with Crippen molar-refractivity contribution in [2.75, 3.05) is 11.4 Å². The molecule has 1 saturated heterocycles. The number of nitrogens with zero attached hydrogens (tertiary/aromatic N) is 1. The molecule has 1 heterocycles. The SMILES string of the molecule is O=C(O)C=Cc1ccccc1N1CC[C@@H](c2ccccc2)C1=O. The van der Waals surface area contributed by atoms with E-state index in [2.05, 4.69) is 0 Å². The van der Waals surface area contributed by atoms with E-state index in [0.29, 0.717) is 6.54 Å². The lowest BCUT2D eigenvalue weighted by Crippen LogP contribution is -2.27. The second-order valence-electron chi connectivity index (χ2n) is 5.47. The third-order valence-electron chi connectivity index (χ3n) is 4.04. The maximum Gasteiger partial charge on any atom is 0.328 e. The van der Waals surface area contributed by atoms with Crippen LogP contribution in [-0.4, -0.2) is 23.5 Å². The molecular formula is C19H17NO3. The summed E-state index contributed by atoms with van der Waals surface area (Å²) in [5.74, 6) is -1.07. The summed E-state index contributed by atoms with van der Waals surface area (Å²) in [5, 5.41) is 8.81. The Kier molecular flexibility index (Phi) is 4.24. The predicted octanol–water partition coefficient (Wildman–Crippen LogP) is 3.30. The first-order valence-corrected chi connectivity index (χ1v) is 7.53. The summed E-state index contributed by atoms with van der Waals surface area (Å²) in [7, 11) is 0. The fraction of sp³-hybridized carbons (Fsp3) is 0.158. The Morgan fingerprint density at radius 1 is 1.09 bits per heavy atom. The zero-order valence-corrected chi connectivity index (χ0v) is 12.6. The number of benzene rings is 2. The van der Waals surface area contributed by atoms with Gasteiger partial charge in [0.1, 0.15) is 0 Å². The maximum absolute atomic E-state index is 12.8. The van der Waals surface area contributed by atoms with Crippen LogP contribution in [0.1, 0.15) is 23.5 Å². The van der Waals surface area contributed by atoms with E-state index in [1.54, 1.807) is 4.90 Å². The van der Waals surface area contributed by atoms with Gasteiger partial charge in [-0.2, -0.15) is 0 Å². The average Bonchev–Trinajstić information content (AvgIpc) is 2.95. The van der Waals surface area contributed by atoms with Crippen LogP contribution < -0.4 is 4.90 Å². The fourth-order valence-electron chi connectivity index (χ4n) is 2.95. The molecule has 4 heteroatoms. The summed E-state index contributed by atoms with van der Waals surface area (Å²) < 4.78 is 0. The second-order valence-corrected chi connectivity index (χ2v) is 5.47. The highest BCUT2D eigenvalue weighted by atomic mass is 16.4. The molecule has 4 nitrogen and oxygen atoms in total. The van der Waals surface area contributed by atoms with Gasteiger partial charge in [0.25, 0.3) is 0 Å². The molecule has 2 aromatic rings. The number of amides is 1. The Morgan fingerprint density at radius 2 is 1.78 bits per heavy atom. The molecule has 116 valence electrons. The van der Waals surface area contributed by atoms with Gasteiger partial charge >= 0.3 is 5.97 Å². The van der Waals surface area contributed by atoms with Crippen molar-refractivity contribution in [3.63, 3.8) is 0 Å². The zero-order chi connectivity index (χ0) is 16.2. The Bertz CT molecular complexity index is 752. The third-order valence-corrected chi connectivity index (χ3v) is 4.04. The summed E-state index contributed by atoms with van der Waals surface area (Å²) in [5.41, 5.74) is 2.52. The average molecular weight is 307 g/mol. The number of hydrogen-bond acceptors (Lipinski definition) is 2. The summed E-state index contributed by atoms with van der Waals surface area (Å²) in [4.78, 5) is 25.3. The van der Waals surface area contributed by atoms with E-state index in [1.807, 2.05) is 54.6 Å². The van der Waals surface area contributed by atoms with Gasteiger partial charge < -0.3 is 10.0 Å². The van der Waals surface area contributed by atoms with E-state index < -0.39 is 5.97 Å². The van der Waals surface area contributed by atoms with Crippen LogP contribution in [0.15, 0.2) is 60.7 Å². The summed E-state index contributed by atoms with van der Waals surface area (Å²) in [6.45, 7) is 0.635. The molecular weight excluding hydrogens is 290 g/mol. The van der Waals surface area contributed by atoms with E-state index >= 15 is 0 Å². The maximum atomic E-state index is 12.8. The molecule has 0 aromatic heterocycles. The van der Waals surface area contributed by atoms with Crippen LogP contribution in [0.2, 0.25) is 0 Å². The molecule has 23 heavy (non-hydrogen) atoms. The number of carboxylic acids is 1. The summed E-state index contributed by atoms with van der Waals surface area (Å²) in [6.07, 6.45) is 3.38. The Labute approximate surface area is 134 Å². The molecule has 1 aliphatic heterocycles. The topological polar surface area (TPSA) is 57.6 Å². The summed E-state index contributed by atoms with van der Waals surface area (Å²) in [6, 6.07) is 17.1. The van der Waals surface area contributed by atoms with Crippen LogP contribution in [0.25, 0.3) is 6.08 Å². The molecule has 2 aromatic carbocycles. The van der Waals surface area contributed by atoms with Crippen LogP contribution in [0, 0.1) is 0 Å². The molecule has 0 bridgehead atoms. The molecule has 0 aliphatic carbocycles. The first-order valence-electron chi connectivity index (χ1n) is 7.53. The van der Waals surface area contributed by atoms with Gasteiger partial charge in [-0.15, -0.1) is 0 Å². The fourth-order valence-corrected chi connectivity index (χ4v) is 2.95. The number of carbonyl (C=O) groups excluding carboxylic acids is 1. The smallest absolute Gasteiger partial charge is 0.328 e. The minimum absolute atomic E-state index is 0.0624. The van der Waals surface area contributed by atoms with Gasteiger partial charge in [0, 0.05) is 12.6 Å². The number of carbonyl (C=O) groups is 2. The first-order chi connectivity index (χ1) is 11.2. The molecule has 1 amide bonds. The molecule has 0 radical (unpaired) electrons. The van der Waals surface area contributed by atoms with Crippen molar-refractivity contribution in [1.29, 1.82) is 0 Å². The number of hydrogen-bond donors (Lipinski definition) is 1. The molecule has 1 aliphatic rings. The van der Waals surface area contributed by atoms with Crippen molar-refractivity contribution in [3.8, 4) is 0 Å².